The highest BCUT2D eigenvalue weighted by Crippen LogP contribution is 2.33. The van der Waals surface area contributed by atoms with E-state index in [4.69, 9.17) is 0 Å². The monoisotopic (exact) mass is 137 g/mol. The van der Waals surface area contributed by atoms with Crippen LogP contribution in [0.25, 0.3) is 0 Å². The lowest BCUT2D eigenvalue weighted by Gasteiger charge is -2.18. The number of rotatable bonds is 0. The molecule has 1 N–H and O–H groups in total. The first-order chi connectivity index (χ1) is 4.88. The van der Waals surface area contributed by atoms with Crippen molar-refractivity contribution < 1.29 is 0 Å². The fourth-order valence-corrected chi connectivity index (χ4v) is 2.12. The van der Waals surface area contributed by atoms with Crippen LogP contribution < -0.4 is 5.32 Å². The zero-order chi connectivity index (χ0) is 6.97. The average molecular weight is 137 g/mol. The van der Waals surface area contributed by atoms with Gasteiger partial charge in [0.2, 0.25) is 0 Å². The van der Waals surface area contributed by atoms with Gasteiger partial charge in [0.15, 0.2) is 0 Å². The summed E-state index contributed by atoms with van der Waals surface area (Å²) >= 11 is 0. The largest absolute Gasteiger partial charge is 0.388 e. The lowest BCUT2D eigenvalue weighted by Crippen LogP contribution is -2.11. The van der Waals surface area contributed by atoms with Crippen LogP contribution in [0.5, 0.6) is 0 Å². The second-order valence-corrected chi connectivity index (χ2v) is 3.56. The molecule has 1 aliphatic carbocycles. The third-order valence-corrected chi connectivity index (χ3v) is 2.80. The Morgan fingerprint density at radius 3 is 3.30 bits per heavy atom. The SMILES string of the molecule is C[C@@H]1CNC2=CCCCC21. The second kappa shape index (κ2) is 2.30. The van der Waals surface area contributed by atoms with Crippen molar-refractivity contribution in [2.24, 2.45) is 11.8 Å². The minimum atomic E-state index is 0.881. The predicted molar refractivity (Wildman–Crippen MR) is 42.6 cm³/mol. The summed E-state index contributed by atoms with van der Waals surface area (Å²) in [4.78, 5) is 0. The van der Waals surface area contributed by atoms with E-state index in [1.807, 2.05) is 0 Å². The van der Waals surface area contributed by atoms with Gasteiger partial charge in [-0.1, -0.05) is 13.0 Å². The van der Waals surface area contributed by atoms with E-state index >= 15 is 0 Å². The molecule has 1 nitrogen and oxygen atoms in total. The summed E-state index contributed by atoms with van der Waals surface area (Å²) < 4.78 is 0. The molecule has 1 aliphatic heterocycles. The summed E-state index contributed by atoms with van der Waals surface area (Å²) in [5.74, 6) is 1.76. The second-order valence-electron chi connectivity index (χ2n) is 3.56. The van der Waals surface area contributed by atoms with E-state index in [2.05, 4.69) is 18.3 Å². The molecule has 0 aromatic heterocycles. The molecule has 1 fully saturated rings. The van der Waals surface area contributed by atoms with Crippen LogP contribution in [0.1, 0.15) is 26.2 Å². The predicted octanol–water partition coefficient (Wildman–Crippen LogP) is 1.91. The van der Waals surface area contributed by atoms with Gasteiger partial charge in [-0.3, -0.25) is 0 Å². The van der Waals surface area contributed by atoms with Crippen LogP contribution in [0.2, 0.25) is 0 Å². The number of hydrogen-bond acceptors (Lipinski definition) is 1. The van der Waals surface area contributed by atoms with Gasteiger partial charge >= 0.3 is 0 Å². The molecule has 0 radical (unpaired) electrons. The first kappa shape index (κ1) is 6.26. The first-order valence-corrected chi connectivity index (χ1v) is 4.32. The number of fused-ring (bicyclic) bond motifs is 1. The Labute approximate surface area is 62.5 Å². The van der Waals surface area contributed by atoms with Gasteiger partial charge in [-0.25, -0.2) is 0 Å². The normalized spacial score (nSPS) is 38.3. The summed E-state index contributed by atoms with van der Waals surface area (Å²) in [6.07, 6.45) is 6.50. The summed E-state index contributed by atoms with van der Waals surface area (Å²) in [6.45, 7) is 3.56. The Morgan fingerprint density at radius 1 is 1.60 bits per heavy atom. The highest BCUT2D eigenvalue weighted by molar-refractivity contribution is 5.13. The molecule has 0 spiro atoms. The van der Waals surface area contributed by atoms with Crippen LogP contribution in [0.15, 0.2) is 11.8 Å². The van der Waals surface area contributed by atoms with Crippen molar-refractivity contribution in [2.45, 2.75) is 26.2 Å². The van der Waals surface area contributed by atoms with E-state index in [0.29, 0.717) is 0 Å². The maximum absolute atomic E-state index is 3.47. The van der Waals surface area contributed by atoms with Crippen molar-refractivity contribution in [3.05, 3.63) is 11.8 Å². The molecular weight excluding hydrogens is 122 g/mol. The van der Waals surface area contributed by atoms with Crippen LogP contribution in [0.3, 0.4) is 0 Å². The maximum atomic E-state index is 3.47. The molecule has 1 saturated heterocycles. The molecular formula is C9H15N. The van der Waals surface area contributed by atoms with E-state index in [9.17, 15) is 0 Å². The summed E-state index contributed by atoms with van der Waals surface area (Å²) in [5.41, 5.74) is 1.54. The van der Waals surface area contributed by atoms with Gasteiger partial charge in [0.1, 0.15) is 0 Å². The number of allylic oxidation sites excluding steroid dienone is 2. The topological polar surface area (TPSA) is 12.0 Å². The van der Waals surface area contributed by atoms with Crippen molar-refractivity contribution >= 4 is 0 Å². The molecule has 0 amide bonds. The van der Waals surface area contributed by atoms with Crippen LogP contribution in [0.4, 0.5) is 0 Å². The lowest BCUT2D eigenvalue weighted by atomic mass is 9.86. The Hall–Kier alpha value is -0.460. The van der Waals surface area contributed by atoms with Gasteiger partial charge in [-0.15, -0.1) is 0 Å². The van der Waals surface area contributed by atoms with Crippen molar-refractivity contribution in [2.75, 3.05) is 6.54 Å². The van der Waals surface area contributed by atoms with Crippen LogP contribution in [-0.4, -0.2) is 6.54 Å². The Kier molecular flexibility index (Phi) is 1.44. The smallest absolute Gasteiger partial charge is 0.0176 e. The molecule has 2 rings (SSSR count). The molecule has 1 heterocycles. The van der Waals surface area contributed by atoms with E-state index < -0.39 is 0 Å². The Bertz CT molecular complexity index is 160. The Balaban J connectivity index is 2.17. The molecule has 56 valence electrons. The molecule has 0 saturated carbocycles. The minimum Gasteiger partial charge on any atom is -0.388 e. The quantitative estimate of drug-likeness (QED) is 0.537. The first-order valence-electron chi connectivity index (χ1n) is 4.32. The van der Waals surface area contributed by atoms with Crippen LogP contribution in [0, 0.1) is 11.8 Å². The van der Waals surface area contributed by atoms with Crippen LogP contribution >= 0.6 is 0 Å². The zero-order valence-corrected chi connectivity index (χ0v) is 6.56. The number of hydrogen-bond donors (Lipinski definition) is 1. The molecule has 0 aromatic rings. The van der Waals surface area contributed by atoms with Crippen molar-refractivity contribution in [1.29, 1.82) is 0 Å². The fraction of sp³-hybridized carbons (Fsp3) is 0.778. The third kappa shape index (κ3) is 0.845. The summed E-state index contributed by atoms with van der Waals surface area (Å²) in [6, 6.07) is 0. The van der Waals surface area contributed by atoms with Gasteiger partial charge in [-0.05, 0) is 25.2 Å². The minimum absolute atomic E-state index is 0.881. The summed E-state index contributed by atoms with van der Waals surface area (Å²) in [5, 5.41) is 3.47. The van der Waals surface area contributed by atoms with Crippen molar-refractivity contribution in [3.63, 3.8) is 0 Å². The average Bonchev–Trinajstić information content (AvgIpc) is 2.34. The molecule has 0 aromatic carbocycles. The van der Waals surface area contributed by atoms with Gasteiger partial charge in [0.05, 0.1) is 0 Å². The highest BCUT2D eigenvalue weighted by atomic mass is 14.9. The van der Waals surface area contributed by atoms with Crippen molar-refractivity contribution in [3.8, 4) is 0 Å². The maximum Gasteiger partial charge on any atom is 0.0176 e. The van der Waals surface area contributed by atoms with Gasteiger partial charge in [0, 0.05) is 18.2 Å². The number of nitrogens with one attached hydrogen (secondary N) is 1. The van der Waals surface area contributed by atoms with Gasteiger partial charge in [-0.2, -0.15) is 0 Å². The summed E-state index contributed by atoms with van der Waals surface area (Å²) in [7, 11) is 0. The van der Waals surface area contributed by atoms with Crippen molar-refractivity contribution in [1.82, 2.24) is 5.32 Å². The van der Waals surface area contributed by atoms with Crippen LogP contribution in [-0.2, 0) is 0 Å². The lowest BCUT2D eigenvalue weighted by molar-refractivity contribution is 0.426. The molecule has 1 heteroatoms. The third-order valence-electron chi connectivity index (χ3n) is 2.80. The van der Waals surface area contributed by atoms with E-state index in [-0.39, 0.29) is 0 Å². The zero-order valence-electron chi connectivity index (χ0n) is 6.56. The molecule has 2 atom stereocenters. The van der Waals surface area contributed by atoms with Gasteiger partial charge in [0.25, 0.3) is 0 Å². The highest BCUT2D eigenvalue weighted by Gasteiger charge is 2.28. The van der Waals surface area contributed by atoms with E-state index in [1.165, 1.54) is 25.8 Å². The van der Waals surface area contributed by atoms with E-state index in [0.717, 1.165) is 11.8 Å². The molecule has 1 unspecified atom stereocenters. The van der Waals surface area contributed by atoms with E-state index in [1.54, 1.807) is 5.70 Å². The Morgan fingerprint density at radius 2 is 2.50 bits per heavy atom. The van der Waals surface area contributed by atoms with Gasteiger partial charge < -0.3 is 5.32 Å². The molecule has 2 aliphatic rings. The molecule has 0 bridgehead atoms. The molecule has 10 heavy (non-hydrogen) atoms. The fourth-order valence-electron chi connectivity index (χ4n) is 2.12. The standard InChI is InChI=1S/C9H15N/c1-7-6-10-9-5-3-2-4-8(7)9/h5,7-8,10H,2-4,6H2,1H3/t7-,8?/m1/s1.